The lowest BCUT2D eigenvalue weighted by atomic mass is 10.1. The number of sulfone groups is 1. The maximum Gasteiger partial charge on any atom is 0.216 e. The van der Waals surface area contributed by atoms with Gasteiger partial charge in [0.2, 0.25) is 10.0 Å². The van der Waals surface area contributed by atoms with Crippen LogP contribution in [0.2, 0.25) is 0 Å². The smallest absolute Gasteiger partial charge is 0.216 e. The average molecular weight is 320 g/mol. The molecule has 8 heteroatoms. The van der Waals surface area contributed by atoms with Gasteiger partial charge in [0, 0.05) is 18.8 Å². The molecule has 3 N–H and O–H groups in total. The first kappa shape index (κ1) is 17.1. The molecule has 1 unspecified atom stereocenters. The van der Waals surface area contributed by atoms with Gasteiger partial charge in [-0.1, -0.05) is 24.3 Å². The monoisotopic (exact) mass is 320 g/mol. The lowest BCUT2D eigenvalue weighted by molar-refractivity contribution is 0.564. The predicted molar refractivity (Wildman–Crippen MR) is 79.3 cm³/mol. The first-order chi connectivity index (χ1) is 9.11. The number of rotatable bonds is 7. The molecule has 0 aromatic heterocycles. The zero-order chi connectivity index (χ0) is 15.4. The van der Waals surface area contributed by atoms with Crippen molar-refractivity contribution in [1.29, 1.82) is 0 Å². The van der Waals surface area contributed by atoms with Crippen LogP contribution in [0.5, 0.6) is 0 Å². The zero-order valence-electron chi connectivity index (χ0n) is 11.5. The van der Waals surface area contributed by atoms with Crippen LogP contribution in [-0.4, -0.2) is 34.9 Å². The van der Waals surface area contributed by atoms with E-state index in [0.29, 0.717) is 12.1 Å². The number of nitrogens with two attached hydrogens (primary N) is 1. The summed E-state index contributed by atoms with van der Waals surface area (Å²) in [7, 11) is -6.79. The number of hydrogen-bond donors (Lipinski definition) is 2. The molecule has 6 nitrogen and oxygen atoms in total. The molecule has 0 saturated carbocycles. The Hall–Kier alpha value is -0.960. The van der Waals surface area contributed by atoms with Crippen LogP contribution in [0.15, 0.2) is 24.3 Å². The van der Waals surface area contributed by atoms with Crippen LogP contribution in [-0.2, 0) is 32.2 Å². The molecule has 114 valence electrons. The molecule has 1 atom stereocenters. The van der Waals surface area contributed by atoms with Gasteiger partial charge in [-0.3, -0.25) is 0 Å². The fourth-order valence-corrected chi connectivity index (χ4v) is 4.34. The highest BCUT2D eigenvalue weighted by Crippen LogP contribution is 2.08. The summed E-state index contributed by atoms with van der Waals surface area (Å²) in [6, 6.07) is 6.28. The van der Waals surface area contributed by atoms with Crippen molar-refractivity contribution in [1.82, 2.24) is 4.72 Å². The standard InChI is InChI=1S/C12H20N2O4S2/c1-10(8-19(2,15)16)14-20(17,18)9-12-5-3-11(7-13)4-6-12/h3-6,10,14H,7-9,13H2,1-2H3. The predicted octanol–water partition coefficient (Wildman–Crippen LogP) is -0.00220. The van der Waals surface area contributed by atoms with Crippen LogP contribution in [0.1, 0.15) is 18.1 Å². The summed E-state index contributed by atoms with van der Waals surface area (Å²) in [4.78, 5) is 0. The largest absolute Gasteiger partial charge is 0.326 e. The topological polar surface area (TPSA) is 106 Å². The molecule has 0 fully saturated rings. The fourth-order valence-electron chi connectivity index (χ4n) is 1.83. The third kappa shape index (κ3) is 6.47. The number of benzene rings is 1. The molecule has 0 spiro atoms. The Balaban J connectivity index is 2.69. The zero-order valence-corrected chi connectivity index (χ0v) is 13.2. The van der Waals surface area contributed by atoms with E-state index in [1.54, 1.807) is 24.3 Å². The van der Waals surface area contributed by atoms with E-state index in [1.165, 1.54) is 6.92 Å². The minimum absolute atomic E-state index is 0.189. The Bertz CT molecular complexity index is 637. The first-order valence-electron chi connectivity index (χ1n) is 6.07. The van der Waals surface area contributed by atoms with E-state index in [4.69, 9.17) is 5.73 Å². The van der Waals surface area contributed by atoms with E-state index in [0.717, 1.165) is 11.8 Å². The van der Waals surface area contributed by atoms with E-state index in [9.17, 15) is 16.8 Å². The summed E-state index contributed by atoms with van der Waals surface area (Å²) in [5.41, 5.74) is 7.01. The van der Waals surface area contributed by atoms with Crippen LogP contribution in [0.4, 0.5) is 0 Å². The van der Waals surface area contributed by atoms with Crippen molar-refractivity contribution in [2.45, 2.75) is 25.3 Å². The maximum atomic E-state index is 11.9. The molecule has 0 bridgehead atoms. The van der Waals surface area contributed by atoms with Crippen molar-refractivity contribution in [2.24, 2.45) is 5.73 Å². The van der Waals surface area contributed by atoms with E-state index >= 15 is 0 Å². The second-order valence-electron chi connectivity index (χ2n) is 4.89. The van der Waals surface area contributed by atoms with Crippen molar-refractivity contribution in [3.05, 3.63) is 35.4 Å². The van der Waals surface area contributed by atoms with Crippen molar-refractivity contribution in [3.8, 4) is 0 Å². The molecular formula is C12H20N2O4S2. The molecule has 0 aliphatic rings. The van der Waals surface area contributed by atoms with Gasteiger partial charge in [-0.25, -0.2) is 21.6 Å². The van der Waals surface area contributed by atoms with Crippen molar-refractivity contribution < 1.29 is 16.8 Å². The van der Waals surface area contributed by atoms with Gasteiger partial charge in [0.05, 0.1) is 11.5 Å². The van der Waals surface area contributed by atoms with E-state index in [1.807, 2.05) is 0 Å². The van der Waals surface area contributed by atoms with E-state index in [-0.39, 0.29) is 11.5 Å². The molecule has 0 heterocycles. The molecule has 0 amide bonds. The van der Waals surface area contributed by atoms with Gasteiger partial charge in [-0.2, -0.15) is 0 Å². The summed E-state index contributed by atoms with van der Waals surface area (Å²) in [5.74, 6) is -0.412. The van der Waals surface area contributed by atoms with Gasteiger partial charge in [0.15, 0.2) is 0 Å². The van der Waals surface area contributed by atoms with Crippen molar-refractivity contribution in [2.75, 3.05) is 12.0 Å². The van der Waals surface area contributed by atoms with Gasteiger partial charge in [0.25, 0.3) is 0 Å². The highest BCUT2D eigenvalue weighted by Gasteiger charge is 2.18. The molecule has 1 aromatic carbocycles. The van der Waals surface area contributed by atoms with Gasteiger partial charge < -0.3 is 5.73 Å². The third-order valence-corrected chi connectivity index (χ3v) is 5.13. The third-order valence-electron chi connectivity index (χ3n) is 2.55. The van der Waals surface area contributed by atoms with E-state index < -0.39 is 25.9 Å². The van der Waals surface area contributed by atoms with Gasteiger partial charge in [0.1, 0.15) is 9.84 Å². The van der Waals surface area contributed by atoms with Crippen molar-refractivity contribution >= 4 is 19.9 Å². The second-order valence-corrected chi connectivity index (χ2v) is 8.83. The molecule has 1 aromatic rings. The van der Waals surface area contributed by atoms with Crippen molar-refractivity contribution in [3.63, 3.8) is 0 Å². The second kappa shape index (κ2) is 6.66. The highest BCUT2D eigenvalue weighted by molar-refractivity contribution is 7.91. The Morgan fingerprint density at radius 1 is 1.10 bits per heavy atom. The Morgan fingerprint density at radius 3 is 2.05 bits per heavy atom. The first-order valence-corrected chi connectivity index (χ1v) is 9.78. The number of nitrogens with one attached hydrogen (secondary N) is 1. The van der Waals surface area contributed by atoms with Crippen LogP contribution in [0.25, 0.3) is 0 Å². The molecular weight excluding hydrogens is 300 g/mol. The molecule has 0 aliphatic heterocycles. The van der Waals surface area contributed by atoms with Crippen LogP contribution < -0.4 is 10.5 Å². The summed E-state index contributed by atoms with van der Waals surface area (Å²) in [5, 5.41) is 0. The Morgan fingerprint density at radius 2 is 1.60 bits per heavy atom. The Labute approximate surface area is 120 Å². The minimum Gasteiger partial charge on any atom is -0.326 e. The van der Waals surface area contributed by atoms with Gasteiger partial charge >= 0.3 is 0 Å². The lowest BCUT2D eigenvalue weighted by Gasteiger charge is -2.13. The summed E-state index contributed by atoms with van der Waals surface area (Å²) in [6.45, 7) is 1.92. The maximum absolute atomic E-state index is 11.9. The fraction of sp³-hybridized carbons (Fsp3) is 0.500. The molecule has 0 saturated heterocycles. The summed E-state index contributed by atoms with van der Waals surface area (Å²) < 4.78 is 48.4. The van der Waals surface area contributed by atoms with E-state index in [2.05, 4.69) is 4.72 Å². The summed E-state index contributed by atoms with van der Waals surface area (Å²) >= 11 is 0. The number of sulfonamides is 1. The van der Waals surface area contributed by atoms with Gasteiger partial charge in [-0.15, -0.1) is 0 Å². The lowest BCUT2D eigenvalue weighted by Crippen LogP contribution is -2.37. The number of hydrogen-bond acceptors (Lipinski definition) is 5. The molecule has 1 rings (SSSR count). The minimum atomic E-state index is -3.57. The van der Waals surface area contributed by atoms with Crippen LogP contribution in [0.3, 0.4) is 0 Å². The molecule has 0 radical (unpaired) electrons. The molecule has 20 heavy (non-hydrogen) atoms. The van der Waals surface area contributed by atoms with Crippen LogP contribution >= 0.6 is 0 Å². The quantitative estimate of drug-likeness (QED) is 0.735. The highest BCUT2D eigenvalue weighted by atomic mass is 32.2. The molecule has 0 aliphatic carbocycles. The average Bonchev–Trinajstić information content (AvgIpc) is 2.25. The summed E-state index contributed by atoms with van der Waals surface area (Å²) in [6.07, 6.45) is 1.07. The van der Waals surface area contributed by atoms with Gasteiger partial charge in [-0.05, 0) is 18.1 Å². The SMILES string of the molecule is CC(CS(C)(=O)=O)NS(=O)(=O)Cc1ccc(CN)cc1. The Kier molecular flexibility index (Phi) is 5.69. The van der Waals surface area contributed by atoms with Crippen LogP contribution in [0, 0.1) is 0 Å². The normalized spacial score (nSPS) is 14.2.